The predicted octanol–water partition coefficient (Wildman–Crippen LogP) is 4.60. The number of aromatic nitrogens is 3. The highest BCUT2D eigenvalue weighted by Gasteiger charge is 2.12. The Labute approximate surface area is 164 Å². The first-order chi connectivity index (χ1) is 12.9. The molecule has 0 aliphatic heterocycles. The van der Waals surface area contributed by atoms with Gasteiger partial charge in [0.2, 0.25) is 5.16 Å². The molecule has 142 valence electrons. The lowest BCUT2D eigenvalue weighted by molar-refractivity contribution is 0.289. The maximum absolute atomic E-state index is 6.15. The molecule has 0 amide bonds. The SMILES string of the molecule is Cc1ccc(OCc2nnc(SCc3ccc(C(C)C)cc3)n2N)c(C)c1. The van der Waals surface area contributed by atoms with Gasteiger partial charge in [-0.05, 0) is 42.5 Å². The van der Waals surface area contributed by atoms with Crippen molar-refractivity contribution in [1.29, 1.82) is 0 Å². The Kier molecular flexibility index (Phi) is 6.06. The van der Waals surface area contributed by atoms with Gasteiger partial charge < -0.3 is 10.6 Å². The van der Waals surface area contributed by atoms with Crippen LogP contribution in [0.3, 0.4) is 0 Å². The third-order valence-corrected chi connectivity index (χ3v) is 5.45. The van der Waals surface area contributed by atoms with E-state index >= 15 is 0 Å². The van der Waals surface area contributed by atoms with Gasteiger partial charge in [0, 0.05) is 5.75 Å². The quantitative estimate of drug-likeness (QED) is 0.478. The summed E-state index contributed by atoms with van der Waals surface area (Å²) in [5, 5.41) is 9.05. The second kappa shape index (κ2) is 8.48. The van der Waals surface area contributed by atoms with Crippen molar-refractivity contribution < 1.29 is 4.74 Å². The summed E-state index contributed by atoms with van der Waals surface area (Å²) in [6.07, 6.45) is 0. The summed E-state index contributed by atoms with van der Waals surface area (Å²) in [6.45, 7) is 8.77. The fourth-order valence-electron chi connectivity index (χ4n) is 2.75. The molecule has 0 saturated heterocycles. The number of hydrogen-bond donors (Lipinski definition) is 1. The maximum atomic E-state index is 6.15. The van der Waals surface area contributed by atoms with Crippen molar-refractivity contribution in [3.05, 3.63) is 70.5 Å². The predicted molar refractivity (Wildman–Crippen MR) is 111 cm³/mol. The Morgan fingerprint density at radius 3 is 2.48 bits per heavy atom. The minimum atomic E-state index is 0.289. The summed E-state index contributed by atoms with van der Waals surface area (Å²) < 4.78 is 7.37. The van der Waals surface area contributed by atoms with Crippen molar-refractivity contribution >= 4 is 11.8 Å². The molecule has 27 heavy (non-hydrogen) atoms. The number of nitrogens with two attached hydrogens (primary N) is 1. The topological polar surface area (TPSA) is 66.0 Å². The Morgan fingerprint density at radius 2 is 1.81 bits per heavy atom. The minimum Gasteiger partial charge on any atom is -0.485 e. The van der Waals surface area contributed by atoms with Gasteiger partial charge in [0.25, 0.3) is 0 Å². The van der Waals surface area contributed by atoms with E-state index < -0.39 is 0 Å². The molecule has 0 saturated carbocycles. The van der Waals surface area contributed by atoms with E-state index in [1.54, 1.807) is 11.8 Å². The van der Waals surface area contributed by atoms with E-state index in [4.69, 9.17) is 10.6 Å². The van der Waals surface area contributed by atoms with Gasteiger partial charge in [0.1, 0.15) is 12.4 Å². The van der Waals surface area contributed by atoms with Crippen LogP contribution in [0.1, 0.15) is 47.8 Å². The molecule has 2 aromatic carbocycles. The molecule has 5 nitrogen and oxygen atoms in total. The van der Waals surface area contributed by atoms with Crippen LogP contribution in [0.25, 0.3) is 0 Å². The normalized spacial score (nSPS) is 11.1. The van der Waals surface area contributed by atoms with Gasteiger partial charge in [-0.3, -0.25) is 0 Å². The fourth-order valence-corrected chi connectivity index (χ4v) is 3.59. The zero-order valence-electron chi connectivity index (χ0n) is 16.3. The summed E-state index contributed by atoms with van der Waals surface area (Å²) in [5.41, 5.74) is 4.89. The highest BCUT2D eigenvalue weighted by molar-refractivity contribution is 7.98. The van der Waals surface area contributed by atoms with Crippen molar-refractivity contribution in [2.75, 3.05) is 5.84 Å². The summed E-state index contributed by atoms with van der Waals surface area (Å²) in [5.74, 6) is 8.93. The third-order valence-electron chi connectivity index (χ3n) is 4.44. The molecular formula is C21H26N4OS. The molecule has 0 fully saturated rings. The molecule has 0 aliphatic carbocycles. The number of hydrogen-bond acceptors (Lipinski definition) is 5. The first kappa shape index (κ1) is 19.3. The number of rotatable bonds is 7. The highest BCUT2D eigenvalue weighted by Crippen LogP contribution is 2.23. The summed E-state index contributed by atoms with van der Waals surface area (Å²) in [7, 11) is 0. The zero-order chi connectivity index (χ0) is 19.4. The second-order valence-electron chi connectivity index (χ2n) is 7.01. The Bertz CT molecular complexity index is 903. The van der Waals surface area contributed by atoms with Crippen LogP contribution >= 0.6 is 11.8 Å². The van der Waals surface area contributed by atoms with Crippen molar-refractivity contribution in [2.24, 2.45) is 0 Å². The standard InChI is InChI=1S/C21H26N4OS/c1-14(2)18-8-6-17(7-9-18)13-27-21-24-23-20(25(21)22)12-26-19-10-5-15(3)11-16(19)4/h5-11,14H,12-13,22H2,1-4H3. The van der Waals surface area contributed by atoms with Gasteiger partial charge >= 0.3 is 0 Å². The summed E-state index contributed by atoms with van der Waals surface area (Å²) in [6, 6.07) is 14.8. The van der Waals surface area contributed by atoms with E-state index in [0.717, 1.165) is 17.1 Å². The van der Waals surface area contributed by atoms with Crippen LogP contribution < -0.4 is 10.6 Å². The van der Waals surface area contributed by atoms with Gasteiger partial charge in [0.05, 0.1) is 0 Å². The van der Waals surface area contributed by atoms with E-state index in [-0.39, 0.29) is 6.61 Å². The summed E-state index contributed by atoms with van der Waals surface area (Å²) >= 11 is 1.57. The van der Waals surface area contributed by atoms with Gasteiger partial charge in [-0.25, -0.2) is 4.68 Å². The number of thioether (sulfide) groups is 1. The van der Waals surface area contributed by atoms with Crippen molar-refractivity contribution in [2.45, 2.75) is 51.1 Å². The number of ether oxygens (including phenoxy) is 1. The molecule has 0 aliphatic rings. The number of nitrogens with zero attached hydrogens (tertiary/aromatic N) is 3. The Balaban J connectivity index is 1.59. The van der Waals surface area contributed by atoms with Gasteiger partial charge in [-0.15, -0.1) is 10.2 Å². The second-order valence-corrected chi connectivity index (χ2v) is 7.95. The van der Waals surface area contributed by atoms with E-state index in [1.165, 1.54) is 21.4 Å². The highest BCUT2D eigenvalue weighted by atomic mass is 32.2. The first-order valence-electron chi connectivity index (χ1n) is 9.05. The van der Waals surface area contributed by atoms with Crippen LogP contribution in [-0.4, -0.2) is 14.9 Å². The number of benzene rings is 2. The molecule has 1 heterocycles. The molecule has 6 heteroatoms. The summed E-state index contributed by atoms with van der Waals surface area (Å²) in [4.78, 5) is 0. The zero-order valence-corrected chi connectivity index (χ0v) is 17.1. The third kappa shape index (κ3) is 4.83. The molecule has 1 aromatic heterocycles. The van der Waals surface area contributed by atoms with E-state index in [0.29, 0.717) is 16.9 Å². The van der Waals surface area contributed by atoms with Crippen LogP contribution in [0.15, 0.2) is 47.6 Å². The monoisotopic (exact) mass is 382 g/mol. The average Bonchev–Trinajstić information content (AvgIpc) is 2.99. The lowest BCUT2D eigenvalue weighted by Gasteiger charge is -2.09. The van der Waals surface area contributed by atoms with Crippen molar-refractivity contribution in [3.8, 4) is 5.75 Å². The Morgan fingerprint density at radius 1 is 1.07 bits per heavy atom. The van der Waals surface area contributed by atoms with Gasteiger partial charge in [-0.2, -0.15) is 0 Å². The lowest BCUT2D eigenvalue weighted by Crippen LogP contribution is -2.16. The molecule has 3 rings (SSSR count). The number of aryl methyl sites for hydroxylation is 2. The Hall–Kier alpha value is -2.47. The van der Waals surface area contributed by atoms with Crippen LogP contribution in [0.2, 0.25) is 0 Å². The van der Waals surface area contributed by atoms with E-state index in [2.05, 4.69) is 61.3 Å². The van der Waals surface area contributed by atoms with E-state index in [1.807, 2.05) is 19.1 Å². The van der Waals surface area contributed by atoms with Gasteiger partial charge in [-0.1, -0.05) is 67.6 Å². The maximum Gasteiger partial charge on any atom is 0.210 e. The van der Waals surface area contributed by atoms with Crippen LogP contribution in [0.5, 0.6) is 5.75 Å². The molecule has 0 bridgehead atoms. The smallest absolute Gasteiger partial charge is 0.210 e. The average molecular weight is 383 g/mol. The van der Waals surface area contributed by atoms with Crippen molar-refractivity contribution in [1.82, 2.24) is 14.9 Å². The molecule has 0 unspecified atom stereocenters. The molecule has 0 spiro atoms. The molecule has 3 aromatic rings. The van der Waals surface area contributed by atoms with Crippen LogP contribution in [0, 0.1) is 13.8 Å². The van der Waals surface area contributed by atoms with Crippen LogP contribution in [0.4, 0.5) is 0 Å². The molecule has 2 N–H and O–H groups in total. The van der Waals surface area contributed by atoms with Crippen molar-refractivity contribution in [3.63, 3.8) is 0 Å². The van der Waals surface area contributed by atoms with E-state index in [9.17, 15) is 0 Å². The van der Waals surface area contributed by atoms with Crippen LogP contribution in [-0.2, 0) is 12.4 Å². The largest absolute Gasteiger partial charge is 0.485 e. The molecule has 0 atom stereocenters. The van der Waals surface area contributed by atoms with Gasteiger partial charge in [0.15, 0.2) is 5.82 Å². The lowest BCUT2D eigenvalue weighted by atomic mass is 10.0. The fraction of sp³-hybridized carbons (Fsp3) is 0.333. The number of nitrogen functional groups attached to an aromatic ring is 1. The first-order valence-corrected chi connectivity index (χ1v) is 10.0. The molecule has 0 radical (unpaired) electrons. The minimum absolute atomic E-state index is 0.289. The molecular weight excluding hydrogens is 356 g/mol.